The normalized spacial score (nSPS) is 29.4. The number of hydrogen-bond acceptors (Lipinski definition) is 3. The van der Waals surface area contributed by atoms with E-state index in [1.807, 2.05) is 0 Å². The maximum Gasteiger partial charge on any atom is 0.0693 e. The quantitative estimate of drug-likeness (QED) is 0.722. The Kier molecular flexibility index (Phi) is 5.58. The summed E-state index contributed by atoms with van der Waals surface area (Å²) in [5, 5.41) is 13.4. The molecule has 3 heteroatoms. The van der Waals surface area contributed by atoms with Gasteiger partial charge in [0.15, 0.2) is 0 Å². The molecule has 0 amide bonds. The van der Waals surface area contributed by atoms with Gasteiger partial charge in [0.25, 0.3) is 0 Å². The molecule has 0 aliphatic heterocycles. The van der Waals surface area contributed by atoms with Crippen LogP contribution in [0.15, 0.2) is 0 Å². The Labute approximate surface area is 93.9 Å². The molecule has 0 radical (unpaired) electrons. The zero-order valence-electron chi connectivity index (χ0n) is 10.4. The molecule has 3 unspecified atom stereocenters. The highest BCUT2D eigenvalue weighted by Crippen LogP contribution is 2.18. The van der Waals surface area contributed by atoms with Gasteiger partial charge >= 0.3 is 0 Å². The minimum absolute atomic E-state index is 0.124. The number of nitrogens with zero attached hydrogens (tertiary/aromatic N) is 1. The lowest BCUT2D eigenvalue weighted by molar-refractivity contribution is 0.0848. The van der Waals surface area contributed by atoms with Gasteiger partial charge in [0, 0.05) is 12.1 Å². The first-order valence-electron chi connectivity index (χ1n) is 6.18. The van der Waals surface area contributed by atoms with Crippen molar-refractivity contribution in [2.45, 2.75) is 57.2 Å². The second-order valence-electron chi connectivity index (χ2n) is 5.12. The third-order valence-corrected chi connectivity index (χ3v) is 3.24. The Balaban J connectivity index is 2.20. The lowest BCUT2D eigenvalue weighted by Gasteiger charge is -2.31. The molecule has 0 spiro atoms. The molecule has 15 heavy (non-hydrogen) atoms. The molecule has 90 valence electrons. The van der Waals surface area contributed by atoms with Crippen molar-refractivity contribution in [3.8, 4) is 0 Å². The lowest BCUT2D eigenvalue weighted by Crippen LogP contribution is -2.46. The van der Waals surface area contributed by atoms with Gasteiger partial charge in [0.05, 0.1) is 6.10 Å². The highest BCUT2D eigenvalue weighted by Gasteiger charge is 2.23. The number of rotatable bonds is 5. The monoisotopic (exact) mass is 214 g/mol. The van der Waals surface area contributed by atoms with Gasteiger partial charge in [-0.3, -0.25) is 0 Å². The van der Waals surface area contributed by atoms with E-state index in [1.165, 1.54) is 12.8 Å². The second-order valence-corrected chi connectivity index (χ2v) is 5.12. The van der Waals surface area contributed by atoms with Crippen molar-refractivity contribution in [1.29, 1.82) is 0 Å². The van der Waals surface area contributed by atoms with Crippen LogP contribution in [0.2, 0.25) is 0 Å². The fourth-order valence-electron chi connectivity index (χ4n) is 2.21. The Morgan fingerprint density at radius 3 is 2.60 bits per heavy atom. The first-order valence-corrected chi connectivity index (χ1v) is 6.18. The van der Waals surface area contributed by atoms with Crippen molar-refractivity contribution in [2.75, 3.05) is 20.6 Å². The van der Waals surface area contributed by atoms with Gasteiger partial charge in [-0.25, -0.2) is 0 Å². The van der Waals surface area contributed by atoms with Crippen molar-refractivity contribution in [3.05, 3.63) is 0 Å². The largest absolute Gasteiger partial charge is 0.392 e. The molecule has 1 fully saturated rings. The van der Waals surface area contributed by atoms with E-state index in [-0.39, 0.29) is 6.10 Å². The van der Waals surface area contributed by atoms with Gasteiger partial charge < -0.3 is 15.3 Å². The fraction of sp³-hybridized carbons (Fsp3) is 1.00. The number of hydrogen-bond donors (Lipinski definition) is 2. The molecule has 1 saturated carbocycles. The van der Waals surface area contributed by atoms with Crippen LogP contribution in [0.1, 0.15) is 39.0 Å². The molecule has 0 saturated heterocycles. The highest BCUT2D eigenvalue weighted by molar-refractivity contribution is 4.82. The molecule has 3 atom stereocenters. The fourth-order valence-corrected chi connectivity index (χ4v) is 2.21. The molecule has 3 nitrogen and oxygen atoms in total. The Morgan fingerprint density at radius 1 is 1.33 bits per heavy atom. The number of aliphatic hydroxyl groups is 1. The molecular formula is C12H26N2O. The van der Waals surface area contributed by atoms with Crippen LogP contribution in [-0.4, -0.2) is 48.8 Å². The van der Waals surface area contributed by atoms with Gasteiger partial charge in [-0.15, -0.1) is 0 Å². The van der Waals surface area contributed by atoms with Crippen molar-refractivity contribution in [2.24, 2.45) is 0 Å². The highest BCUT2D eigenvalue weighted by atomic mass is 16.3. The third-order valence-electron chi connectivity index (χ3n) is 3.24. The van der Waals surface area contributed by atoms with Crippen LogP contribution < -0.4 is 5.32 Å². The summed E-state index contributed by atoms with van der Waals surface area (Å²) in [6, 6.07) is 0.834. The van der Waals surface area contributed by atoms with Crippen molar-refractivity contribution in [3.63, 3.8) is 0 Å². The average molecular weight is 214 g/mol. The minimum Gasteiger partial charge on any atom is -0.392 e. The lowest BCUT2D eigenvalue weighted by atomic mass is 9.92. The van der Waals surface area contributed by atoms with Crippen molar-refractivity contribution >= 4 is 0 Å². The SMILES string of the molecule is CC(CCN(C)C)NC1CCCCC1O. The van der Waals surface area contributed by atoms with Crippen LogP contribution in [0, 0.1) is 0 Å². The van der Waals surface area contributed by atoms with Crippen molar-refractivity contribution in [1.82, 2.24) is 10.2 Å². The van der Waals surface area contributed by atoms with Gasteiger partial charge in [-0.1, -0.05) is 12.8 Å². The summed E-state index contributed by atoms with van der Waals surface area (Å²) in [5.41, 5.74) is 0. The molecule has 0 aromatic rings. The second kappa shape index (κ2) is 6.46. The van der Waals surface area contributed by atoms with E-state index in [4.69, 9.17) is 0 Å². The summed E-state index contributed by atoms with van der Waals surface area (Å²) in [4.78, 5) is 2.20. The first-order chi connectivity index (χ1) is 7.09. The van der Waals surface area contributed by atoms with E-state index in [9.17, 15) is 5.11 Å². The van der Waals surface area contributed by atoms with Crippen molar-refractivity contribution < 1.29 is 5.11 Å². The predicted molar refractivity (Wildman–Crippen MR) is 64.0 cm³/mol. The molecule has 2 N–H and O–H groups in total. The summed E-state index contributed by atoms with van der Waals surface area (Å²) in [6.07, 6.45) is 5.57. The van der Waals surface area contributed by atoms with E-state index in [2.05, 4.69) is 31.2 Å². The van der Waals surface area contributed by atoms with Gasteiger partial charge in [0.1, 0.15) is 0 Å². The van der Waals surface area contributed by atoms with E-state index in [1.54, 1.807) is 0 Å². The number of aliphatic hydroxyl groups excluding tert-OH is 1. The minimum atomic E-state index is -0.124. The average Bonchev–Trinajstić information content (AvgIpc) is 2.18. The summed E-state index contributed by atoms with van der Waals surface area (Å²) in [6.45, 7) is 3.32. The molecule has 1 rings (SSSR count). The number of nitrogens with one attached hydrogen (secondary N) is 1. The zero-order chi connectivity index (χ0) is 11.3. The standard InChI is InChI=1S/C12H26N2O/c1-10(8-9-14(2)3)13-11-6-4-5-7-12(11)15/h10-13,15H,4-9H2,1-3H3. The van der Waals surface area contributed by atoms with Crippen LogP contribution >= 0.6 is 0 Å². The molecule has 0 heterocycles. The summed E-state index contributed by atoms with van der Waals surface area (Å²) >= 11 is 0. The third kappa shape index (κ3) is 4.96. The molecule has 0 aromatic carbocycles. The summed E-state index contributed by atoms with van der Waals surface area (Å²) in [5.74, 6) is 0. The smallest absolute Gasteiger partial charge is 0.0693 e. The van der Waals surface area contributed by atoms with E-state index in [0.717, 1.165) is 25.8 Å². The zero-order valence-corrected chi connectivity index (χ0v) is 10.4. The maximum atomic E-state index is 9.82. The molecule has 1 aliphatic rings. The van der Waals surface area contributed by atoms with Crippen LogP contribution in [0.5, 0.6) is 0 Å². The molecular weight excluding hydrogens is 188 g/mol. The first kappa shape index (κ1) is 12.9. The van der Waals surface area contributed by atoms with Gasteiger partial charge in [0.2, 0.25) is 0 Å². The van der Waals surface area contributed by atoms with E-state index >= 15 is 0 Å². The predicted octanol–water partition coefficient (Wildman–Crippen LogP) is 1.22. The maximum absolute atomic E-state index is 9.82. The Bertz CT molecular complexity index is 173. The van der Waals surface area contributed by atoms with E-state index < -0.39 is 0 Å². The van der Waals surface area contributed by atoms with Crippen LogP contribution in [0.3, 0.4) is 0 Å². The Morgan fingerprint density at radius 2 is 2.00 bits per heavy atom. The van der Waals surface area contributed by atoms with Crippen LogP contribution in [0.25, 0.3) is 0 Å². The topological polar surface area (TPSA) is 35.5 Å². The van der Waals surface area contributed by atoms with Crippen LogP contribution in [0.4, 0.5) is 0 Å². The Hall–Kier alpha value is -0.120. The van der Waals surface area contributed by atoms with Gasteiger partial charge in [-0.2, -0.15) is 0 Å². The molecule has 0 aromatic heterocycles. The molecule has 0 bridgehead atoms. The van der Waals surface area contributed by atoms with Gasteiger partial charge in [-0.05, 0) is 46.8 Å². The summed E-state index contributed by atoms with van der Waals surface area (Å²) < 4.78 is 0. The molecule has 1 aliphatic carbocycles. The summed E-state index contributed by atoms with van der Waals surface area (Å²) in [7, 11) is 4.20. The van der Waals surface area contributed by atoms with Crippen LogP contribution in [-0.2, 0) is 0 Å². The van der Waals surface area contributed by atoms with E-state index in [0.29, 0.717) is 12.1 Å².